The van der Waals surface area contributed by atoms with Gasteiger partial charge in [0.2, 0.25) is 11.8 Å². The van der Waals surface area contributed by atoms with Crippen molar-refractivity contribution in [3.63, 3.8) is 0 Å². The molecule has 3 N–H and O–H groups in total. The van der Waals surface area contributed by atoms with Crippen LogP contribution in [0.25, 0.3) is 11.1 Å². The summed E-state index contributed by atoms with van der Waals surface area (Å²) in [6, 6.07) is 41.8. The molecule has 368 valence electrons. The Kier molecular flexibility index (Phi) is 17.9. The monoisotopic (exact) mass is 965 g/mol. The molecule has 0 heterocycles. The fraction of sp³-hybridized carbons (Fsp3) is 0.368. The molecule has 3 atom stereocenters. The van der Waals surface area contributed by atoms with Crippen LogP contribution in [-0.4, -0.2) is 75.8 Å². The minimum Gasteiger partial charge on any atom is -0.492 e. The minimum absolute atomic E-state index is 0.0419. The summed E-state index contributed by atoms with van der Waals surface area (Å²) in [4.78, 5) is 82.6. The predicted octanol–water partition coefficient (Wildman–Crippen LogP) is 9.38. The fourth-order valence-corrected chi connectivity index (χ4v) is 14.1. The standard InChI is InChI=1S/C57H67N3O9Si/c1-39(61)33-49(59-52(63)37-58-55(66)67-38-48-46-29-19-17-27-44(46)45-28-18-20-30-47(45)48)51(62)36-43(34-41-23-13-9-14-24-41)53(64)60-50(35-42-25-15-10-16-26-42)54(65)69-70(56(2,3)4,57(5,6)7)68-32-31-40-21-11-8-12-22-40/h8-30,43,48-50H,31-38H2,1-7H3,(H,58,66)(H,59,63)(H,60,64)/t43-,49+,50+/m1/s1. The van der Waals surface area contributed by atoms with Gasteiger partial charge in [-0.3, -0.25) is 24.0 Å². The fourth-order valence-electron chi connectivity index (χ4n) is 9.52. The van der Waals surface area contributed by atoms with Gasteiger partial charge in [-0.1, -0.05) is 181 Å². The Bertz CT molecular complexity index is 2530. The van der Waals surface area contributed by atoms with Crippen LogP contribution in [0.1, 0.15) is 95.0 Å². The number of ketones is 2. The van der Waals surface area contributed by atoms with Crippen molar-refractivity contribution in [2.75, 3.05) is 19.8 Å². The van der Waals surface area contributed by atoms with Crippen LogP contribution >= 0.6 is 0 Å². The number of fused-ring (bicyclic) bond motifs is 3. The van der Waals surface area contributed by atoms with Crippen molar-refractivity contribution in [3.8, 4) is 11.1 Å². The number of Topliss-reactive ketones (excluding diaryl/α,β-unsaturated/α-hetero) is 2. The van der Waals surface area contributed by atoms with Crippen LogP contribution in [0.3, 0.4) is 0 Å². The summed E-state index contributed by atoms with van der Waals surface area (Å²) in [6.07, 6.45) is -0.718. The number of hydrogen-bond acceptors (Lipinski definition) is 9. The first-order valence-electron chi connectivity index (χ1n) is 24.0. The Morgan fingerprint density at radius 3 is 1.63 bits per heavy atom. The third kappa shape index (κ3) is 13.8. The largest absolute Gasteiger partial charge is 0.492 e. The van der Waals surface area contributed by atoms with E-state index >= 15 is 0 Å². The number of rotatable bonds is 22. The van der Waals surface area contributed by atoms with Crippen molar-refractivity contribution in [2.45, 2.75) is 109 Å². The summed E-state index contributed by atoms with van der Waals surface area (Å²) in [5.74, 6) is -4.10. The molecular weight excluding hydrogens is 899 g/mol. The molecule has 0 aliphatic heterocycles. The van der Waals surface area contributed by atoms with Crippen molar-refractivity contribution in [1.82, 2.24) is 16.0 Å². The lowest BCUT2D eigenvalue weighted by atomic mass is 9.89. The SMILES string of the molecule is CC(=O)C[C@H](NC(=O)CNC(=O)OCC1c2ccccc2-c2ccccc21)C(=O)C[C@@H](Cc1ccccc1)C(=O)N[C@@H](Cc1ccccc1)C(=O)O[Si](OCCc1ccccc1)(C(C)(C)C)C(C)(C)C. The lowest BCUT2D eigenvalue weighted by Crippen LogP contribution is -2.61. The van der Waals surface area contributed by atoms with Crippen LogP contribution < -0.4 is 16.0 Å². The smallest absolute Gasteiger partial charge is 0.412 e. The van der Waals surface area contributed by atoms with E-state index in [4.69, 9.17) is 13.6 Å². The van der Waals surface area contributed by atoms with Gasteiger partial charge in [0.1, 0.15) is 25.0 Å². The molecule has 13 heteroatoms. The highest BCUT2D eigenvalue weighted by Crippen LogP contribution is 2.52. The summed E-state index contributed by atoms with van der Waals surface area (Å²) >= 11 is 0. The molecular formula is C57H67N3O9Si. The maximum absolute atomic E-state index is 14.8. The number of alkyl carbamates (subject to hydrolysis) is 1. The Morgan fingerprint density at radius 2 is 1.10 bits per heavy atom. The summed E-state index contributed by atoms with van der Waals surface area (Å²) in [5, 5.41) is 6.87. The third-order valence-corrected chi connectivity index (χ3v) is 17.8. The van der Waals surface area contributed by atoms with Gasteiger partial charge in [-0.15, -0.1) is 0 Å². The summed E-state index contributed by atoms with van der Waals surface area (Å²) in [6.45, 7) is 13.2. The van der Waals surface area contributed by atoms with Crippen molar-refractivity contribution in [3.05, 3.63) is 167 Å². The molecule has 0 fully saturated rings. The van der Waals surface area contributed by atoms with Crippen molar-refractivity contribution >= 4 is 44.0 Å². The highest BCUT2D eigenvalue weighted by Gasteiger charge is 2.61. The molecule has 5 aromatic carbocycles. The molecule has 0 radical (unpaired) electrons. The van der Waals surface area contributed by atoms with Gasteiger partial charge in [-0.2, -0.15) is 0 Å². The van der Waals surface area contributed by atoms with Crippen LogP contribution in [-0.2, 0) is 56.8 Å². The first kappa shape index (κ1) is 52.7. The quantitative estimate of drug-likeness (QED) is 0.0573. The van der Waals surface area contributed by atoms with Gasteiger partial charge in [0.15, 0.2) is 5.78 Å². The lowest BCUT2D eigenvalue weighted by molar-refractivity contribution is -0.143. The molecule has 0 saturated carbocycles. The number of amides is 3. The number of ether oxygens (including phenoxy) is 1. The molecule has 0 unspecified atom stereocenters. The lowest BCUT2D eigenvalue weighted by Gasteiger charge is -2.48. The molecule has 0 bridgehead atoms. The van der Waals surface area contributed by atoms with Crippen molar-refractivity contribution in [1.29, 1.82) is 0 Å². The summed E-state index contributed by atoms with van der Waals surface area (Å²) in [7, 11) is -3.52. The van der Waals surface area contributed by atoms with Gasteiger partial charge in [0, 0.05) is 47.8 Å². The highest BCUT2D eigenvalue weighted by atomic mass is 28.4. The zero-order valence-corrected chi connectivity index (χ0v) is 42.4. The van der Waals surface area contributed by atoms with Crippen LogP contribution in [0.2, 0.25) is 10.1 Å². The molecule has 12 nitrogen and oxygen atoms in total. The molecule has 1 aliphatic carbocycles. The van der Waals surface area contributed by atoms with Gasteiger partial charge < -0.3 is 29.5 Å². The van der Waals surface area contributed by atoms with Gasteiger partial charge >= 0.3 is 20.6 Å². The number of nitrogens with one attached hydrogen (secondary N) is 3. The predicted molar refractivity (Wildman–Crippen MR) is 273 cm³/mol. The zero-order chi connectivity index (χ0) is 50.5. The molecule has 3 amide bonds. The Balaban J connectivity index is 1.17. The number of carbonyl (C=O) groups is 6. The van der Waals surface area contributed by atoms with Gasteiger partial charge in [-0.25, -0.2) is 4.79 Å². The molecule has 6 rings (SSSR count). The van der Waals surface area contributed by atoms with Crippen LogP contribution in [0, 0.1) is 5.92 Å². The van der Waals surface area contributed by atoms with Crippen LogP contribution in [0.5, 0.6) is 0 Å². The molecule has 1 aliphatic rings. The number of carbonyl (C=O) groups excluding carboxylic acids is 6. The van der Waals surface area contributed by atoms with E-state index < -0.39 is 72.8 Å². The number of hydrogen-bond donors (Lipinski definition) is 3. The normalized spacial score (nSPS) is 13.7. The average Bonchev–Trinajstić information content (AvgIpc) is 3.65. The van der Waals surface area contributed by atoms with Crippen molar-refractivity contribution < 1.29 is 42.4 Å². The van der Waals surface area contributed by atoms with Crippen LogP contribution in [0.15, 0.2) is 140 Å². The second-order valence-electron chi connectivity index (χ2n) is 20.1. The second-order valence-corrected chi connectivity index (χ2v) is 24.9. The average molecular weight is 966 g/mol. The minimum atomic E-state index is -3.52. The maximum Gasteiger partial charge on any atom is 0.412 e. The molecule has 0 aromatic heterocycles. The Morgan fingerprint density at radius 1 is 0.600 bits per heavy atom. The van der Waals surface area contributed by atoms with Gasteiger partial charge in [0.25, 0.3) is 0 Å². The van der Waals surface area contributed by atoms with E-state index in [0.717, 1.165) is 38.9 Å². The van der Waals surface area contributed by atoms with E-state index in [9.17, 15) is 28.8 Å². The first-order chi connectivity index (χ1) is 33.3. The number of benzene rings is 5. The Hall–Kier alpha value is -6.70. The van der Waals surface area contributed by atoms with E-state index in [-0.39, 0.29) is 44.0 Å². The molecule has 0 saturated heterocycles. The zero-order valence-electron chi connectivity index (χ0n) is 41.4. The summed E-state index contributed by atoms with van der Waals surface area (Å²) in [5.41, 5.74) is 6.85. The van der Waals surface area contributed by atoms with Crippen molar-refractivity contribution in [2.24, 2.45) is 5.92 Å². The topological polar surface area (TPSA) is 166 Å². The second kappa shape index (κ2) is 23.7. The van der Waals surface area contributed by atoms with E-state index in [2.05, 4.69) is 16.0 Å². The van der Waals surface area contributed by atoms with Gasteiger partial charge in [0.05, 0.1) is 6.04 Å². The molecule has 5 aromatic rings. The molecule has 70 heavy (non-hydrogen) atoms. The maximum atomic E-state index is 14.8. The van der Waals surface area contributed by atoms with Crippen LogP contribution in [0.4, 0.5) is 4.79 Å². The van der Waals surface area contributed by atoms with E-state index in [1.165, 1.54) is 6.92 Å². The van der Waals surface area contributed by atoms with E-state index in [1.807, 2.05) is 181 Å². The Labute approximate surface area is 413 Å². The summed E-state index contributed by atoms with van der Waals surface area (Å²) < 4.78 is 19.2. The van der Waals surface area contributed by atoms with Gasteiger partial charge in [-0.05, 0) is 58.7 Å². The van der Waals surface area contributed by atoms with E-state index in [1.54, 1.807) is 0 Å². The third-order valence-electron chi connectivity index (χ3n) is 12.7. The molecule has 0 spiro atoms. The highest BCUT2D eigenvalue weighted by molar-refractivity contribution is 6.74. The first-order valence-corrected chi connectivity index (χ1v) is 25.9. The van der Waals surface area contributed by atoms with E-state index in [0.29, 0.717) is 13.0 Å².